The Hall–Kier alpha value is -1.13. The van der Waals surface area contributed by atoms with Gasteiger partial charge in [0.1, 0.15) is 5.82 Å². The van der Waals surface area contributed by atoms with Crippen LogP contribution < -0.4 is 5.32 Å². The summed E-state index contributed by atoms with van der Waals surface area (Å²) < 4.78 is 13.2. The number of piperazine rings is 1. The largest absolute Gasteiger partial charge is 0.340 e. The summed E-state index contributed by atoms with van der Waals surface area (Å²) in [6, 6.07) is 4.93. The first-order valence-corrected chi connectivity index (χ1v) is 6.32. The second-order valence-corrected chi connectivity index (χ2v) is 4.94. The Balaban J connectivity index is 0.00000180. The average Bonchev–Trinajstić information content (AvgIpc) is 2.34. The third-order valence-corrected chi connectivity index (χ3v) is 3.37. The summed E-state index contributed by atoms with van der Waals surface area (Å²) in [4.78, 5) is 14.0. The molecular formula is C14H20ClFN2O. The second kappa shape index (κ2) is 6.87. The molecule has 3 nitrogen and oxygen atoms in total. The molecule has 0 aromatic heterocycles. The smallest absolute Gasteiger partial charge is 0.227 e. The molecule has 0 aliphatic carbocycles. The lowest BCUT2D eigenvalue weighted by molar-refractivity contribution is -0.131. The van der Waals surface area contributed by atoms with Crippen LogP contribution in [0.1, 0.15) is 18.1 Å². The molecule has 0 spiro atoms. The molecule has 1 saturated heterocycles. The number of carbonyl (C=O) groups excluding carboxylic acids is 1. The highest BCUT2D eigenvalue weighted by Gasteiger charge is 2.20. The highest BCUT2D eigenvalue weighted by molar-refractivity contribution is 5.85. The van der Waals surface area contributed by atoms with E-state index in [9.17, 15) is 9.18 Å². The summed E-state index contributed by atoms with van der Waals surface area (Å²) in [7, 11) is 0. The number of carbonyl (C=O) groups is 1. The Kier molecular flexibility index (Phi) is 5.76. The lowest BCUT2D eigenvalue weighted by Crippen LogP contribution is -2.51. The van der Waals surface area contributed by atoms with Gasteiger partial charge in [0.05, 0.1) is 6.42 Å². The number of halogens is 2. The van der Waals surface area contributed by atoms with Crippen LogP contribution in [0.15, 0.2) is 18.2 Å². The predicted octanol–water partition coefficient (Wildman–Crippen LogP) is 1.92. The third kappa shape index (κ3) is 4.18. The zero-order valence-corrected chi connectivity index (χ0v) is 12.1. The summed E-state index contributed by atoms with van der Waals surface area (Å²) in [5.41, 5.74) is 1.75. The van der Waals surface area contributed by atoms with Crippen LogP contribution in [0.5, 0.6) is 0 Å². The topological polar surface area (TPSA) is 32.3 Å². The molecule has 106 valence electrons. The molecule has 5 heteroatoms. The van der Waals surface area contributed by atoms with E-state index in [1.807, 2.05) is 11.8 Å². The molecule has 1 aliphatic heterocycles. The van der Waals surface area contributed by atoms with Gasteiger partial charge in [-0.1, -0.05) is 6.07 Å². The molecule has 1 N–H and O–H groups in total. The highest BCUT2D eigenvalue weighted by atomic mass is 35.5. The lowest BCUT2D eigenvalue weighted by Gasteiger charge is -2.32. The van der Waals surface area contributed by atoms with Crippen molar-refractivity contribution in [1.29, 1.82) is 0 Å². The van der Waals surface area contributed by atoms with Crippen molar-refractivity contribution in [3.05, 3.63) is 35.1 Å². The SMILES string of the molecule is Cc1ccc(F)cc1CC(=O)N1CCNC(C)C1.Cl. The fraction of sp³-hybridized carbons (Fsp3) is 0.500. The van der Waals surface area contributed by atoms with Crippen molar-refractivity contribution in [3.63, 3.8) is 0 Å². The number of benzene rings is 1. The third-order valence-electron chi connectivity index (χ3n) is 3.37. The van der Waals surface area contributed by atoms with Crippen molar-refractivity contribution in [2.24, 2.45) is 0 Å². The maximum Gasteiger partial charge on any atom is 0.227 e. The zero-order valence-electron chi connectivity index (χ0n) is 11.3. The maximum absolute atomic E-state index is 13.2. The first-order valence-electron chi connectivity index (χ1n) is 6.32. The fourth-order valence-electron chi connectivity index (χ4n) is 2.26. The van der Waals surface area contributed by atoms with Crippen LogP contribution in [0, 0.1) is 12.7 Å². The van der Waals surface area contributed by atoms with E-state index in [-0.39, 0.29) is 30.6 Å². The second-order valence-electron chi connectivity index (χ2n) is 4.94. The van der Waals surface area contributed by atoms with Gasteiger partial charge in [0, 0.05) is 25.7 Å². The number of hydrogen-bond donors (Lipinski definition) is 1. The van der Waals surface area contributed by atoms with E-state index in [1.54, 1.807) is 6.07 Å². The van der Waals surface area contributed by atoms with Gasteiger partial charge >= 0.3 is 0 Å². The van der Waals surface area contributed by atoms with E-state index < -0.39 is 0 Å². The molecule has 1 heterocycles. The van der Waals surface area contributed by atoms with Gasteiger partial charge in [0.15, 0.2) is 0 Å². The summed E-state index contributed by atoms with van der Waals surface area (Å²) in [5, 5.41) is 3.30. The Morgan fingerprint density at radius 2 is 2.26 bits per heavy atom. The predicted molar refractivity (Wildman–Crippen MR) is 76.1 cm³/mol. The monoisotopic (exact) mass is 286 g/mol. The number of aryl methyl sites for hydroxylation is 1. The standard InChI is InChI=1S/C14H19FN2O.ClH/c1-10-3-4-13(15)7-12(10)8-14(18)17-6-5-16-11(2)9-17;/h3-4,7,11,16H,5-6,8-9H2,1-2H3;1H. The number of rotatable bonds is 2. The van der Waals surface area contributed by atoms with E-state index in [1.165, 1.54) is 12.1 Å². The van der Waals surface area contributed by atoms with Gasteiger partial charge < -0.3 is 10.2 Å². The summed E-state index contributed by atoms with van der Waals surface area (Å²) in [5.74, 6) is -0.200. The Morgan fingerprint density at radius 3 is 2.95 bits per heavy atom. The maximum atomic E-state index is 13.2. The molecule has 1 aromatic carbocycles. The van der Waals surface area contributed by atoms with Gasteiger partial charge in [-0.05, 0) is 37.1 Å². The highest BCUT2D eigenvalue weighted by Crippen LogP contribution is 2.13. The minimum absolute atomic E-state index is 0. The molecule has 1 aromatic rings. The first-order chi connectivity index (χ1) is 8.56. The molecule has 2 rings (SSSR count). The molecule has 0 bridgehead atoms. The molecule has 0 saturated carbocycles. The first kappa shape index (κ1) is 15.9. The van der Waals surface area contributed by atoms with Crippen molar-refractivity contribution >= 4 is 18.3 Å². The number of nitrogens with one attached hydrogen (secondary N) is 1. The van der Waals surface area contributed by atoms with Crippen LogP contribution >= 0.6 is 12.4 Å². The van der Waals surface area contributed by atoms with Gasteiger partial charge in [0.2, 0.25) is 5.91 Å². The number of nitrogens with zero attached hydrogens (tertiary/aromatic N) is 1. The Labute approximate surface area is 119 Å². The molecule has 19 heavy (non-hydrogen) atoms. The van der Waals surface area contributed by atoms with Gasteiger partial charge in [-0.2, -0.15) is 0 Å². The van der Waals surface area contributed by atoms with Gasteiger partial charge in [-0.25, -0.2) is 4.39 Å². The Morgan fingerprint density at radius 1 is 1.53 bits per heavy atom. The lowest BCUT2D eigenvalue weighted by atomic mass is 10.0. The molecule has 1 amide bonds. The van der Waals surface area contributed by atoms with E-state index in [0.29, 0.717) is 6.04 Å². The van der Waals surface area contributed by atoms with Gasteiger partial charge in [-0.15, -0.1) is 12.4 Å². The molecule has 1 atom stereocenters. The van der Waals surface area contributed by atoms with E-state index in [0.717, 1.165) is 30.8 Å². The van der Waals surface area contributed by atoms with Crippen molar-refractivity contribution in [1.82, 2.24) is 10.2 Å². The summed E-state index contributed by atoms with van der Waals surface area (Å²) in [6.07, 6.45) is 0.288. The van der Waals surface area contributed by atoms with E-state index in [4.69, 9.17) is 0 Å². The molecule has 1 unspecified atom stereocenters. The minimum atomic E-state index is -0.280. The van der Waals surface area contributed by atoms with Gasteiger partial charge in [0.25, 0.3) is 0 Å². The van der Waals surface area contributed by atoms with Crippen molar-refractivity contribution < 1.29 is 9.18 Å². The molecular weight excluding hydrogens is 267 g/mol. The number of hydrogen-bond acceptors (Lipinski definition) is 2. The van der Waals surface area contributed by atoms with Crippen LogP contribution in [-0.4, -0.2) is 36.5 Å². The van der Waals surface area contributed by atoms with Crippen molar-refractivity contribution in [2.75, 3.05) is 19.6 Å². The van der Waals surface area contributed by atoms with Crippen LogP contribution in [0.3, 0.4) is 0 Å². The molecule has 1 aliphatic rings. The summed E-state index contributed by atoms with van der Waals surface area (Å²) in [6.45, 7) is 6.26. The molecule has 0 radical (unpaired) electrons. The fourth-order valence-corrected chi connectivity index (χ4v) is 2.26. The van der Waals surface area contributed by atoms with Crippen LogP contribution in [0.25, 0.3) is 0 Å². The molecule has 1 fully saturated rings. The Bertz CT molecular complexity index is 453. The quantitative estimate of drug-likeness (QED) is 0.901. The number of amides is 1. The van der Waals surface area contributed by atoms with Crippen LogP contribution in [-0.2, 0) is 11.2 Å². The minimum Gasteiger partial charge on any atom is -0.340 e. The normalized spacial score (nSPS) is 18.9. The zero-order chi connectivity index (χ0) is 13.1. The van der Waals surface area contributed by atoms with Crippen molar-refractivity contribution in [3.8, 4) is 0 Å². The van der Waals surface area contributed by atoms with Crippen LogP contribution in [0.2, 0.25) is 0 Å². The van der Waals surface area contributed by atoms with E-state index >= 15 is 0 Å². The van der Waals surface area contributed by atoms with Crippen molar-refractivity contribution in [2.45, 2.75) is 26.3 Å². The summed E-state index contributed by atoms with van der Waals surface area (Å²) >= 11 is 0. The van der Waals surface area contributed by atoms with Gasteiger partial charge in [-0.3, -0.25) is 4.79 Å². The van der Waals surface area contributed by atoms with E-state index in [2.05, 4.69) is 12.2 Å². The van der Waals surface area contributed by atoms with Crippen LogP contribution in [0.4, 0.5) is 4.39 Å². The average molecular weight is 287 g/mol.